The molecule has 1 aliphatic rings. The molecule has 3 heterocycles. The molecular formula is C19H20ClN5O2S. The highest BCUT2D eigenvalue weighted by Crippen LogP contribution is 2.37. The highest BCUT2D eigenvalue weighted by molar-refractivity contribution is 7.98. The van der Waals surface area contributed by atoms with Crippen molar-refractivity contribution in [2.75, 3.05) is 13.8 Å². The molecule has 4 rings (SSSR count). The van der Waals surface area contributed by atoms with Gasteiger partial charge in [0.05, 0.1) is 6.54 Å². The van der Waals surface area contributed by atoms with Crippen molar-refractivity contribution in [2.24, 2.45) is 7.05 Å². The molecule has 1 aromatic carbocycles. The SMILES string of the molecule is CN(Cc1cc2c(cc1Cl)OCO2)Cc1nnc(SCc2ccncc2)n1C. The standard InChI is InChI=1S/C19H20ClN5O2S/c1-24(9-14-7-16-17(8-15(14)20)27-12-26-16)10-18-22-23-19(25(18)2)28-11-13-3-5-21-6-4-13/h3-8H,9-12H2,1-2H3. The normalized spacial score (nSPS) is 12.7. The van der Waals surface area contributed by atoms with Crippen molar-refractivity contribution in [1.82, 2.24) is 24.6 Å². The molecule has 0 radical (unpaired) electrons. The van der Waals surface area contributed by atoms with Crippen molar-refractivity contribution in [2.45, 2.75) is 24.0 Å². The Bertz CT molecular complexity index is 966. The Kier molecular flexibility index (Phi) is 5.70. The highest BCUT2D eigenvalue weighted by atomic mass is 35.5. The van der Waals surface area contributed by atoms with Gasteiger partial charge in [-0.1, -0.05) is 23.4 Å². The molecule has 2 aromatic heterocycles. The van der Waals surface area contributed by atoms with E-state index in [1.54, 1.807) is 24.2 Å². The van der Waals surface area contributed by atoms with Gasteiger partial charge in [-0.15, -0.1) is 10.2 Å². The smallest absolute Gasteiger partial charge is 0.231 e. The molecule has 0 saturated heterocycles. The summed E-state index contributed by atoms with van der Waals surface area (Å²) in [7, 11) is 4.02. The van der Waals surface area contributed by atoms with Crippen LogP contribution in [0.25, 0.3) is 0 Å². The number of hydrogen-bond acceptors (Lipinski definition) is 7. The summed E-state index contributed by atoms with van der Waals surface area (Å²) < 4.78 is 12.8. The van der Waals surface area contributed by atoms with Gasteiger partial charge in [-0.3, -0.25) is 9.88 Å². The van der Waals surface area contributed by atoms with Gasteiger partial charge in [-0.2, -0.15) is 0 Å². The second-order valence-electron chi connectivity index (χ2n) is 6.57. The molecule has 0 aliphatic carbocycles. The first-order valence-electron chi connectivity index (χ1n) is 8.76. The molecule has 0 bridgehead atoms. The summed E-state index contributed by atoms with van der Waals surface area (Å²) in [6.07, 6.45) is 3.60. The van der Waals surface area contributed by atoms with Gasteiger partial charge in [0.25, 0.3) is 0 Å². The molecular weight excluding hydrogens is 398 g/mol. The zero-order chi connectivity index (χ0) is 19.5. The molecule has 7 nitrogen and oxygen atoms in total. The average Bonchev–Trinajstić information content (AvgIpc) is 3.28. The highest BCUT2D eigenvalue weighted by Gasteiger charge is 2.18. The van der Waals surface area contributed by atoms with Crippen molar-refractivity contribution in [3.63, 3.8) is 0 Å². The first-order chi connectivity index (χ1) is 13.6. The predicted molar refractivity (Wildman–Crippen MR) is 108 cm³/mol. The topological polar surface area (TPSA) is 65.3 Å². The van der Waals surface area contributed by atoms with Crippen molar-refractivity contribution in [1.29, 1.82) is 0 Å². The van der Waals surface area contributed by atoms with E-state index < -0.39 is 0 Å². The van der Waals surface area contributed by atoms with Gasteiger partial charge in [0, 0.05) is 42.8 Å². The molecule has 0 N–H and O–H groups in total. The summed E-state index contributed by atoms with van der Waals surface area (Å²) >= 11 is 8.05. The van der Waals surface area contributed by atoms with Crippen LogP contribution in [0.5, 0.6) is 11.5 Å². The third kappa shape index (κ3) is 4.24. The summed E-state index contributed by atoms with van der Waals surface area (Å²) in [5.41, 5.74) is 2.20. The molecule has 0 unspecified atom stereocenters. The summed E-state index contributed by atoms with van der Waals surface area (Å²) in [4.78, 5) is 6.19. The third-order valence-electron chi connectivity index (χ3n) is 4.44. The predicted octanol–water partition coefficient (Wildman–Crippen LogP) is 3.52. The molecule has 0 amide bonds. The number of thioether (sulfide) groups is 1. The second-order valence-corrected chi connectivity index (χ2v) is 7.92. The monoisotopic (exact) mass is 417 g/mol. The van der Waals surface area contributed by atoms with Gasteiger partial charge in [-0.05, 0) is 36.4 Å². The quantitative estimate of drug-likeness (QED) is 0.545. The Morgan fingerprint density at radius 2 is 1.89 bits per heavy atom. The maximum Gasteiger partial charge on any atom is 0.231 e. The van der Waals surface area contributed by atoms with Gasteiger partial charge in [0.15, 0.2) is 16.7 Å². The summed E-state index contributed by atoms with van der Waals surface area (Å²) in [5.74, 6) is 3.16. The largest absolute Gasteiger partial charge is 0.454 e. The van der Waals surface area contributed by atoms with E-state index >= 15 is 0 Å². The Labute approximate surface area is 172 Å². The zero-order valence-corrected chi connectivity index (χ0v) is 17.2. The number of rotatable bonds is 7. The lowest BCUT2D eigenvalue weighted by atomic mass is 10.2. The van der Waals surface area contributed by atoms with E-state index in [0.717, 1.165) is 28.0 Å². The lowest BCUT2D eigenvalue weighted by molar-refractivity contribution is 0.174. The number of nitrogens with zero attached hydrogens (tertiary/aromatic N) is 5. The van der Waals surface area contributed by atoms with Crippen molar-refractivity contribution in [3.8, 4) is 11.5 Å². The molecule has 146 valence electrons. The molecule has 28 heavy (non-hydrogen) atoms. The lowest BCUT2D eigenvalue weighted by Crippen LogP contribution is -2.20. The maximum absolute atomic E-state index is 6.39. The van der Waals surface area contributed by atoms with Gasteiger partial charge in [0.1, 0.15) is 5.82 Å². The first kappa shape index (κ1) is 19.0. The molecule has 0 saturated carbocycles. The number of halogens is 1. The summed E-state index contributed by atoms with van der Waals surface area (Å²) in [6.45, 7) is 1.57. The number of fused-ring (bicyclic) bond motifs is 1. The summed E-state index contributed by atoms with van der Waals surface area (Å²) in [6, 6.07) is 7.76. The van der Waals surface area contributed by atoms with Crippen molar-refractivity contribution < 1.29 is 9.47 Å². The van der Waals surface area contributed by atoms with Gasteiger partial charge >= 0.3 is 0 Å². The van der Waals surface area contributed by atoms with E-state index in [4.69, 9.17) is 21.1 Å². The van der Waals surface area contributed by atoms with Crippen LogP contribution in [0.1, 0.15) is 17.0 Å². The van der Waals surface area contributed by atoms with Gasteiger partial charge < -0.3 is 14.0 Å². The minimum Gasteiger partial charge on any atom is -0.454 e. The molecule has 0 atom stereocenters. The van der Waals surface area contributed by atoms with E-state index in [0.29, 0.717) is 23.9 Å². The Balaban J connectivity index is 1.38. The second kappa shape index (κ2) is 8.38. The van der Waals surface area contributed by atoms with E-state index in [9.17, 15) is 0 Å². The Morgan fingerprint density at radius 1 is 1.14 bits per heavy atom. The van der Waals surface area contributed by atoms with E-state index in [1.165, 1.54) is 5.56 Å². The number of pyridine rings is 1. The van der Waals surface area contributed by atoms with Crippen LogP contribution in [-0.4, -0.2) is 38.5 Å². The molecule has 0 fully saturated rings. The van der Waals surface area contributed by atoms with Crippen LogP contribution in [0.3, 0.4) is 0 Å². The molecule has 9 heteroatoms. The first-order valence-corrected chi connectivity index (χ1v) is 10.1. The van der Waals surface area contributed by atoms with Crippen LogP contribution in [0, 0.1) is 0 Å². The van der Waals surface area contributed by atoms with Crippen LogP contribution in [-0.2, 0) is 25.9 Å². The lowest BCUT2D eigenvalue weighted by Gasteiger charge is -2.17. The minimum atomic E-state index is 0.240. The number of benzene rings is 1. The van der Waals surface area contributed by atoms with Crippen LogP contribution < -0.4 is 9.47 Å². The Morgan fingerprint density at radius 3 is 2.68 bits per heavy atom. The van der Waals surface area contributed by atoms with Crippen LogP contribution in [0.15, 0.2) is 41.8 Å². The van der Waals surface area contributed by atoms with Crippen LogP contribution in [0.4, 0.5) is 0 Å². The minimum absolute atomic E-state index is 0.240. The third-order valence-corrected chi connectivity index (χ3v) is 5.88. The van der Waals surface area contributed by atoms with Gasteiger partial charge in [-0.25, -0.2) is 0 Å². The van der Waals surface area contributed by atoms with Gasteiger partial charge in [0.2, 0.25) is 6.79 Å². The molecule has 1 aliphatic heterocycles. The fourth-order valence-corrected chi connectivity index (χ4v) is 4.00. The Hall–Kier alpha value is -2.29. The van der Waals surface area contributed by atoms with E-state index in [-0.39, 0.29) is 6.79 Å². The fourth-order valence-electron chi connectivity index (χ4n) is 2.90. The number of ether oxygens (including phenoxy) is 2. The summed E-state index contributed by atoms with van der Waals surface area (Å²) in [5, 5.41) is 10.2. The van der Waals surface area contributed by atoms with E-state index in [2.05, 4.69) is 20.1 Å². The zero-order valence-electron chi connectivity index (χ0n) is 15.6. The number of aromatic nitrogens is 4. The fraction of sp³-hybridized carbons (Fsp3) is 0.316. The maximum atomic E-state index is 6.39. The van der Waals surface area contributed by atoms with Crippen LogP contribution >= 0.6 is 23.4 Å². The average molecular weight is 418 g/mol. The molecule has 0 spiro atoms. The number of hydrogen-bond donors (Lipinski definition) is 0. The van der Waals surface area contributed by atoms with Crippen LogP contribution in [0.2, 0.25) is 5.02 Å². The van der Waals surface area contributed by atoms with Crippen molar-refractivity contribution in [3.05, 3.63) is 58.6 Å². The van der Waals surface area contributed by atoms with Crippen molar-refractivity contribution >= 4 is 23.4 Å². The van der Waals surface area contributed by atoms with E-state index in [1.807, 2.05) is 42.9 Å². The molecule has 3 aromatic rings.